The number of tetrazole rings is 1. The molecule has 142 valence electrons. The summed E-state index contributed by atoms with van der Waals surface area (Å²) < 4.78 is 1.59. The molecule has 1 saturated heterocycles. The third-order valence-electron chi connectivity index (χ3n) is 5.60. The highest BCUT2D eigenvalue weighted by atomic mass is 16.1. The standard InChI is InChI=1S/C20H26N6O/c27-20(22-18-6-8-19(9-7-18)26-15-21-23-24-26)17-10-12-25(13-11-17)14-16-4-2-1-3-5-16/h1-2,6-9,15-17H,3-5,10-14H2,(H,22,27). The maximum Gasteiger partial charge on any atom is 0.227 e. The van der Waals surface area contributed by atoms with E-state index in [4.69, 9.17) is 0 Å². The number of aromatic nitrogens is 4. The molecule has 1 aromatic carbocycles. The van der Waals surface area contributed by atoms with Crippen LogP contribution >= 0.6 is 0 Å². The molecule has 1 unspecified atom stereocenters. The van der Waals surface area contributed by atoms with Crippen LogP contribution in [-0.2, 0) is 4.79 Å². The summed E-state index contributed by atoms with van der Waals surface area (Å²) in [5.74, 6) is 1.02. The van der Waals surface area contributed by atoms with Crippen LogP contribution < -0.4 is 5.32 Å². The first kappa shape index (κ1) is 17.9. The number of rotatable bonds is 5. The number of hydrogen-bond donors (Lipinski definition) is 1. The van der Waals surface area contributed by atoms with Gasteiger partial charge in [-0.1, -0.05) is 12.2 Å². The number of likely N-dealkylation sites (tertiary alicyclic amines) is 1. The highest BCUT2D eigenvalue weighted by Crippen LogP contribution is 2.24. The van der Waals surface area contributed by atoms with Gasteiger partial charge in [-0.2, -0.15) is 0 Å². The van der Waals surface area contributed by atoms with Gasteiger partial charge < -0.3 is 10.2 Å². The van der Waals surface area contributed by atoms with E-state index in [0.717, 1.165) is 43.2 Å². The number of hydrogen-bond acceptors (Lipinski definition) is 5. The predicted octanol–water partition coefficient (Wildman–Crippen LogP) is 2.67. The van der Waals surface area contributed by atoms with E-state index < -0.39 is 0 Å². The Balaban J connectivity index is 1.25. The number of amides is 1. The molecular weight excluding hydrogens is 340 g/mol. The molecule has 1 amide bonds. The summed E-state index contributed by atoms with van der Waals surface area (Å²) in [5, 5.41) is 14.2. The Bertz CT molecular complexity index is 762. The van der Waals surface area contributed by atoms with E-state index in [9.17, 15) is 4.79 Å². The summed E-state index contributed by atoms with van der Waals surface area (Å²) in [6.07, 6.45) is 11.8. The van der Waals surface area contributed by atoms with E-state index in [1.165, 1.54) is 25.8 Å². The molecule has 1 atom stereocenters. The minimum Gasteiger partial charge on any atom is -0.326 e. The van der Waals surface area contributed by atoms with E-state index >= 15 is 0 Å². The average Bonchev–Trinajstić information content (AvgIpc) is 3.25. The number of nitrogens with zero attached hydrogens (tertiary/aromatic N) is 5. The van der Waals surface area contributed by atoms with Crippen LogP contribution in [0.25, 0.3) is 5.69 Å². The van der Waals surface area contributed by atoms with E-state index in [0.29, 0.717) is 0 Å². The molecule has 27 heavy (non-hydrogen) atoms. The highest BCUT2D eigenvalue weighted by Gasteiger charge is 2.26. The van der Waals surface area contributed by atoms with Crippen molar-refractivity contribution in [2.24, 2.45) is 11.8 Å². The fourth-order valence-corrected chi connectivity index (χ4v) is 3.99. The van der Waals surface area contributed by atoms with Crippen LogP contribution in [0.5, 0.6) is 0 Å². The van der Waals surface area contributed by atoms with Gasteiger partial charge in [-0.05, 0) is 85.8 Å². The van der Waals surface area contributed by atoms with Crippen molar-refractivity contribution in [3.8, 4) is 5.69 Å². The van der Waals surface area contributed by atoms with Crippen molar-refractivity contribution in [1.82, 2.24) is 25.1 Å². The van der Waals surface area contributed by atoms with Gasteiger partial charge in [0.2, 0.25) is 5.91 Å². The molecule has 7 heteroatoms. The lowest BCUT2D eigenvalue weighted by Gasteiger charge is -2.34. The minimum atomic E-state index is 0.103. The monoisotopic (exact) mass is 366 g/mol. The van der Waals surface area contributed by atoms with Crippen molar-refractivity contribution in [1.29, 1.82) is 0 Å². The number of carbonyl (C=O) groups is 1. The molecular formula is C20H26N6O. The highest BCUT2D eigenvalue weighted by molar-refractivity contribution is 5.92. The molecule has 1 N–H and O–H groups in total. The van der Waals surface area contributed by atoms with Crippen LogP contribution in [0.4, 0.5) is 5.69 Å². The van der Waals surface area contributed by atoms with Crippen molar-refractivity contribution in [2.75, 3.05) is 25.0 Å². The first-order chi connectivity index (χ1) is 13.3. The van der Waals surface area contributed by atoms with E-state index in [1.807, 2.05) is 24.3 Å². The Morgan fingerprint density at radius 3 is 2.59 bits per heavy atom. The SMILES string of the molecule is O=C(Nc1ccc(-n2cnnn2)cc1)C1CCN(CC2CC=CCC2)CC1. The number of nitrogens with one attached hydrogen (secondary N) is 1. The van der Waals surface area contributed by atoms with Gasteiger partial charge in [-0.25, -0.2) is 4.68 Å². The Morgan fingerprint density at radius 1 is 1.11 bits per heavy atom. The number of piperidine rings is 1. The van der Waals surface area contributed by atoms with Gasteiger partial charge in [-0.15, -0.1) is 5.10 Å². The maximum atomic E-state index is 12.6. The molecule has 0 radical (unpaired) electrons. The Kier molecular flexibility index (Phi) is 5.58. The second kappa shape index (κ2) is 8.43. The lowest BCUT2D eigenvalue weighted by molar-refractivity contribution is -0.121. The normalized spacial score (nSPS) is 21.3. The maximum absolute atomic E-state index is 12.6. The smallest absolute Gasteiger partial charge is 0.227 e. The minimum absolute atomic E-state index is 0.103. The van der Waals surface area contributed by atoms with E-state index in [-0.39, 0.29) is 11.8 Å². The molecule has 0 saturated carbocycles. The summed E-state index contributed by atoms with van der Waals surface area (Å²) >= 11 is 0. The van der Waals surface area contributed by atoms with E-state index in [2.05, 4.69) is 37.9 Å². The van der Waals surface area contributed by atoms with Gasteiger partial charge in [0.15, 0.2) is 0 Å². The molecule has 2 aliphatic rings. The van der Waals surface area contributed by atoms with Crippen molar-refractivity contribution in [3.63, 3.8) is 0 Å². The molecule has 0 spiro atoms. The number of benzene rings is 1. The lowest BCUT2D eigenvalue weighted by Crippen LogP contribution is -2.40. The first-order valence-corrected chi connectivity index (χ1v) is 9.79. The molecule has 1 fully saturated rings. The average molecular weight is 366 g/mol. The third kappa shape index (κ3) is 4.60. The summed E-state index contributed by atoms with van der Waals surface area (Å²) in [4.78, 5) is 15.1. The second-order valence-corrected chi connectivity index (χ2v) is 7.52. The van der Waals surface area contributed by atoms with Crippen LogP contribution in [0, 0.1) is 11.8 Å². The molecule has 2 aromatic rings. The van der Waals surface area contributed by atoms with Crippen LogP contribution in [0.2, 0.25) is 0 Å². The summed E-state index contributed by atoms with van der Waals surface area (Å²) in [6.45, 7) is 3.23. The Hall–Kier alpha value is -2.54. The van der Waals surface area contributed by atoms with Gasteiger partial charge in [-0.3, -0.25) is 4.79 Å². The van der Waals surface area contributed by atoms with Crippen molar-refractivity contribution >= 4 is 11.6 Å². The van der Waals surface area contributed by atoms with Crippen molar-refractivity contribution < 1.29 is 4.79 Å². The topological polar surface area (TPSA) is 75.9 Å². The molecule has 1 aromatic heterocycles. The summed E-state index contributed by atoms with van der Waals surface area (Å²) in [7, 11) is 0. The second-order valence-electron chi connectivity index (χ2n) is 7.52. The molecule has 7 nitrogen and oxygen atoms in total. The van der Waals surface area contributed by atoms with Crippen LogP contribution in [0.1, 0.15) is 32.1 Å². The zero-order valence-corrected chi connectivity index (χ0v) is 15.5. The van der Waals surface area contributed by atoms with Gasteiger partial charge in [0, 0.05) is 18.2 Å². The van der Waals surface area contributed by atoms with E-state index in [1.54, 1.807) is 11.0 Å². The van der Waals surface area contributed by atoms with Crippen molar-refractivity contribution in [3.05, 3.63) is 42.7 Å². The van der Waals surface area contributed by atoms with Crippen LogP contribution in [-0.4, -0.2) is 50.6 Å². The fourth-order valence-electron chi connectivity index (χ4n) is 3.99. The van der Waals surface area contributed by atoms with Crippen molar-refractivity contribution in [2.45, 2.75) is 32.1 Å². The quantitative estimate of drug-likeness (QED) is 0.824. The molecule has 4 rings (SSSR count). The number of allylic oxidation sites excluding steroid dienone is 2. The largest absolute Gasteiger partial charge is 0.326 e. The number of carbonyl (C=O) groups excluding carboxylic acids is 1. The lowest BCUT2D eigenvalue weighted by atomic mass is 9.91. The summed E-state index contributed by atoms with van der Waals surface area (Å²) in [5.41, 5.74) is 1.68. The van der Waals surface area contributed by atoms with Gasteiger partial charge in [0.1, 0.15) is 6.33 Å². The van der Waals surface area contributed by atoms with Crippen LogP contribution in [0.3, 0.4) is 0 Å². The van der Waals surface area contributed by atoms with Gasteiger partial charge in [0.25, 0.3) is 0 Å². The van der Waals surface area contributed by atoms with Crippen LogP contribution in [0.15, 0.2) is 42.7 Å². The first-order valence-electron chi connectivity index (χ1n) is 9.79. The predicted molar refractivity (Wildman–Crippen MR) is 103 cm³/mol. The molecule has 2 heterocycles. The third-order valence-corrected chi connectivity index (χ3v) is 5.60. The molecule has 0 bridgehead atoms. The fraction of sp³-hybridized carbons (Fsp3) is 0.500. The summed E-state index contributed by atoms with van der Waals surface area (Å²) in [6, 6.07) is 7.57. The molecule has 1 aliphatic heterocycles. The van der Waals surface area contributed by atoms with Gasteiger partial charge in [0.05, 0.1) is 5.69 Å². The zero-order valence-electron chi connectivity index (χ0n) is 15.5. The Morgan fingerprint density at radius 2 is 1.93 bits per heavy atom. The molecule has 1 aliphatic carbocycles. The number of anilines is 1. The zero-order chi connectivity index (χ0) is 18.5. The van der Waals surface area contributed by atoms with Gasteiger partial charge >= 0.3 is 0 Å². The Labute approximate surface area is 159 Å².